The summed E-state index contributed by atoms with van der Waals surface area (Å²) in [6.45, 7) is 0. The molecule has 0 spiro atoms. The van der Waals surface area contributed by atoms with Crippen molar-refractivity contribution in [2.45, 2.75) is 12.5 Å². The third kappa shape index (κ3) is 2.89. The van der Waals surface area contributed by atoms with Crippen LogP contribution in [0, 0.1) is 0 Å². The zero-order chi connectivity index (χ0) is 18.1. The first-order chi connectivity index (χ1) is 13.4. The number of hydrogen-bond acceptors (Lipinski definition) is 2. The quantitative estimate of drug-likeness (QED) is 0.431. The predicted molar refractivity (Wildman–Crippen MR) is 113 cm³/mol. The molecule has 4 aromatic carbocycles. The average molecular weight is 348 g/mol. The van der Waals surface area contributed by atoms with E-state index in [4.69, 9.17) is 5.10 Å². The molecule has 0 N–H and O–H groups in total. The van der Waals surface area contributed by atoms with Gasteiger partial charge >= 0.3 is 0 Å². The van der Waals surface area contributed by atoms with Crippen LogP contribution in [0.2, 0.25) is 0 Å². The smallest absolute Gasteiger partial charge is 0.0837 e. The molecule has 130 valence electrons. The first-order valence-corrected chi connectivity index (χ1v) is 9.35. The molecule has 4 aromatic rings. The van der Waals surface area contributed by atoms with Crippen LogP contribution in [0.4, 0.5) is 5.69 Å². The lowest BCUT2D eigenvalue weighted by molar-refractivity contribution is 0.714. The van der Waals surface area contributed by atoms with Gasteiger partial charge in [-0.3, -0.25) is 5.01 Å². The van der Waals surface area contributed by atoms with Crippen molar-refractivity contribution >= 4 is 22.2 Å². The van der Waals surface area contributed by atoms with Gasteiger partial charge in [0.2, 0.25) is 0 Å². The van der Waals surface area contributed by atoms with Crippen LogP contribution < -0.4 is 5.01 Å². The first-order valence-electron chi connectivity index (χ1n) is 9.35. The second-order valence-corrected chi connectivity index (χ2v) is 6.88. The molecule has 0 aromatic heterocycles. The maximum Gasteiger partial charge on any atom is 0.0837 e. The molecule has 0 amide bonds. The summed E-state index contributed by atoms with van der Waals surface area (Å²) in [5.74, 6) is 0. The Morgan fingerprint density at radius 2 is 1.33 bits per heavy atom. The predicted octanol–water partition coefficient (Wildman–Crippen LogP) is 6.20. The molecular weight excluding hydrogens is 328 g/mol. The summed E-state index contributed by atoms with van der Waals surface area (Å²) in [6.07, 6.45) is 0.896. The molecule has 0 fully saturated rings. The van der Waals surface area contributed by atoms with E-state index in [2.05, 4.69) is 102 Å². The lowest BCUT2D eigenvalue weighted by Gasteiger charge is -2.25. The number of benzene rings is 4. The number of anilines is 1. The third-order valence-electron chi connectivity index (χ3n) is 5.22. The lowest BCUT2D eigenvalue weighted by atomic mass is 9.94. The summed E-state index contributed by atoms with van der Waals surface area (Å²) in [5, 5.41) is 9.80. The minimum absolute atomic E-state index is 0.189. The van der Waals surface area contributed by atoms with Gasteiger partial charge < -0.3 is 0 Å². The monoisotopic (exact) mass is 348 g/mol. The summed E-state index contributed by atoms with van der Waals surface area (Å²) in [7, 11) is 0. The molecule has 1 aliphatic heterocycles. The Morgan fingerprint density at radius 3 is 2.15 bits per heavy atom. The maximum atomic E-state index is 5.04. The van der Waals surface area contributed by atoms with E-state index in [1.807, 2.05) is 6.07 Å². The first kappa shape index (κ1) is 15.8. The zero-order valence-electron chi connectivity index (χ0n) is 15.0. The molecule has 0 saturated carbocycles. The fraction of sp³-hybridized carbons (Fsp3) is 0.0800. The molecule has 0 aliphatic carbocycles. The molecule has 2 nitrogen and oxygen atoms in total. The van der Waals surface area contributed by atoms with Crippen LogP contribution >= 0.6 is 0 Å². The number of rotatable bonds is 3. The molecular formula is C25H20N2. The van der Waals surface area contributed by atoms with Gasteiger partial charge in [-0.2, -0.15) is 5.10 Å². The zero-order valence-corrected chi connectivity index (χ0v) is 15.0. The van der Waals surface area contributed by atoms with Gasteiger partial charge in [0.1, 0.15) is 0 Å². The van der Waals surface area contributed by atoms with Crippen molar-refractivity contribution in [3.05, 3.63) is 114 Å². The standard InChI is InChI=1S/C25H20N2/c1-3-11-20(12-4-1)24-18-25(27(26-24)21-14-5-2-6-15-21)23-17-9-13-19-10-7-8-16-22(19)23/h1-17,25H,18H2/t25-/m1/s1. The van der Waals surface area contributed by atoms with Crippen molar-refractivity contribution in [3.63, 3.8) is 0 Å². The second kappa shape index (κ2) is 6.73. The van der Waals surface area contributed by atoms with Crippen molar-refractivity contribution < 1.29 is 0 Å². The Bertz CT molecular complexity index is 1100. The number of hydrazone groups is 1. The molecule has 0 bridgehead atoms. The fourth-order valence-electron chi connectivity index (χ4n) is 3.92. The highest BCUT2D eigenvalue weighted by Gasteiger charge is 2.30. The van der Waals surface area contributed by atoms with Crippen LogP contribution in [0.3, 0.4) is 0 Å². The highest BCUT2D eigenvalue weighted by molar-refractivity contribution is 6.03. The van der Waals surface area contributed by atoms with Gasteiger partial charge in [0.25, 0.3) is 0 Å². The molecule has 27 heavy (non-hydrogen) atoms. The van der Waals surface area contributed by atoms with E-state index >= 15 is 0 Å². The van der Waals surface area contributed by atoms with Crippen molar-refractivity contribution in [1.29, 1.82) is 0 Å². The SMILES string of the molecule is c1ccc(C2=NN(c3ccccc3)[C@@H](c3cccc4ccccc34)C2)cc1. The highest BCUT2D eigenvalue weighted by Crippen LogP contribution is 2.39. The summed E-state index contributed by atoms with van der Waals surface area (Å²) in [5.41, 5.74) is 4.78. The molecule has 2 heteroatoms. The van der Waals surface area contributed by atoms with Crippen molar-refractivity contribution in [2.24, 2.45) is 5.10 Å². The summed E-state index contributed by atoms with van der Waals surface area (Å²) < 4.78 is 0. The van der Waals surface area contributed by atoms with Gasteiger partial charge in [-0.05, 0) is 34.0 Å². The molecule has 1 heterocycles. The Hall–Kier alpha value is -3.39. The fourth-order valence-corrected chi connectivity index (χ4v) is 3.92. The third-order valence-corrected chi connectivity index (χ3v) is 5.22. The average Bonchev–Trinajstić information content (AvgIpc) is 3.20. The van der Waals surface area contributed by atoms with Gasteiger partial charge in [0, 0.05) is 6.42 Å². The van der Waals surface area contributed by atoms with E-state index in [1.54, 1.807) is 0 Å². The normalized spacial score (nSPS) is 16.5. The minimum Gasteiger partial charge on any atom is -0.257 e. The second-order valence-electron chi connectivity index (χ2n) is 6.88. The van der Waals surface area contributed by atoms with Crippen LogP contribution in [0.1, 0.15) is 23.6 Å². The van der Waals surface area contributed by atoms with E-state index in [-0.39, 0.29) is 6.04 Å². The summed E-state index contributed by atoms with van der Waals surface area (Å²) in [6, 6.07) is 36.4. The van der Waals surface area contributed by atoms with Crippen LogP contribution in [0.25, 0.3) is 10.8 Å². The van der Waals surface area contributed by atoms with Gasteiger partial charge in [0.05, 0.1) is 17.4 Å². The molecule has 5 rings (SSSR count). The molecule has 0 saturated heterocycles. The van der Waals surface area contributed by atoms with Crippen molar-refractivity contribution in [2.75, 3.05) is 5.01 Å². The molecule has 1 aliphatic rings. The van der Waals surface area contributed by atoms with E-state index in [0.717, 1.165) is 17.8 Å². The Labute approximate surface area is 159 Å². The van der Waals surface area contributed by atoms with Crippen LogP contribution in [-0.2, 0) is 0 Å². The van der Waals surface area contributed by atoms with Crippen LogP contribution in [-0.4, -0.2) is 5.71 Å². The van der Waals surface area contributed by atoms with E-state index in [9.17, 15) is 0 Å². The van der Waals surface area contributed by atoms with Gasteiger partial charge in [-0.25, -0.2) is 0 Å². The van der Waals surface area contributed by atoms with Crippen LogP contribution in [0.15, 0.2) is 108 Å². The Balaban J connectivity index is 1.64. The Morgan fingerprint density at radius 1 is 0.667 bits per heavy atom. The summed E-state index contributed by atoms with van der Waals surface area (Å²) in [4.78, 5) is 0. The van der Waals surface area contributed by atoms with Gasteiger partial charge in [-0.15, -0.1) is 0 Å². The minimum atomic E-state index is 0.189. The molecule has 0 unspecified atom stereocenters. The van der Waals surface area contributed by atoms with E-state index in [1.165, 1.54) is 21.9 Å². The lowest BCUT2D eigenvalue weighted by Crippen LogP contribution is -2.18. The van der Waals surface area contributed by atoms with Gasteiger partial charge in [-0.1, -0.05) is 91.0 Å². The van der Waals surface area contributed by atoms with E-state index in [0.29, 0.717) is 0 Å². The molecule has 1 atom stereocenters. The number of nitrogens with zero attached hydrogens (tertiary/aromatic N) is 2. The van der Waals surface area contributed by atoms with Crippen LogP contribution in [0.5, 0.6) is 0 Å². The van der Waals surface area contributed by atoms with E-state index < -0.39 is 0 Å². The maximum absolute atomic E-state index is 5.04. The van der Waals surface area contributed by atoms with Crippen molar-refractivity contribution in [3.8, 4) is 0 Å². The largest absolute Gasteiger partial charge is 0.257 e. The molecule has 0 radical (unpaired) electrons. The number of para-hydroxylation sites is 1. The summed E-state index contributed by atoms with van der Waals surface area (Å²) >= 11 is 0. The number of fused-ring (bicyclic) bond motifs is 1. The van der Waals surface area contributed by atoms with Gasteiger partial charge in [0.15, 0.2) is 0 Å². The highest BCUT2D eigenvalue weighted by atomic mass is 15.5. The Kier molecular flexibility index (Phi) is 3.95. The number of hydrogen-bond donors (Lipinski definition) is 0. The topological polar surface area (TPSA) is 15.6 Å². The van der Waals surface area contributed by atoms with Crippen molar-refractivity contribution in [1.82, 2.24) is 0 Å².